The molecule has 0 aliphatic heterocycles. The molecule has 1 heterocycles. The lowest BCUT2D eigenvalue weighted by Gasteiger charge is -2.06. The van der Waals surface area contributed by atoms with Gasteiger partial charge in [-0.2, -0.15) is 0 Å². The Labute approximate surface area is 114 Å². The van der Waals surface area contributed by atoms with Crippen LogP contribution in [0.1, 0.15) is 10.5 Å². The molecular formula is C13H13NO4S. The van der Waals surface area contributed by atoms with Crippen molar-refractivity contribution in [3.63, 3.8) is 0 Å². The molecular weight excluding hydrogens is 266 g/mol. The predicted octanol–water partition coefficient (Wildman–Crippen LogP) is 2.61. The van der Waals surface area contributed by atoms with Crippen molar-refractivity contribution in [3.8, 4) is 22.1 Å². The van der Waals surface area contributed by atoms with E-state index in [2.05, 4.69) is 9.72 Å². The average Bonchev–Trinajstić information content (AvgIpc) is 2.95. The maximum absolute atomic E-state index is 11.4. The van der Waals surface area contributed by atoms with Gasteiger partial charge in [0.2, 0.25) is 0 Å². The molecule has 0 aliphatic carbocycles. The highest BCUT2D eigenvalue weighted by molar-refractivity contribution is 7.13. The summed E-state index contributed by atoms with van der Waals surface area (Å²) in [6, 6.07) is 5.45. The minimum absolute atomic E-state index is 0.296. The summed E-state index contributed by atoms with van der Waals surface area (Å²) in [6.45, 7) is 0. The number of hydrogen-bond acceptors (Lipinski definition) is 6. The van der Waals surface area contributed by atoms with Crippen molar-refractivity contribution in [2.45, 2.75) is 0 Å². The SMILES string of the molecule is COC(=O)c1csc(-c2cc(OC)cc(OC)c2)n1. The monoisotopic (exact) mass is 279 g/mol. The van der Waals surface area contributed by atoms with Gasteiger partial charge in [0.05, 0.1) is 21.3 Å². The summed E-state index contributed by atoms with van der Waals surface area (Å²) in [7, 11) is 4.50. The van der Waals surface area contributed by atoms with Crippen molar-refractivity contribution in [2.75, 3.05) is 21.3 Å². The lowest BCUT2D eigenvalue weighted by molar-refractivity contribution is 0.0595. The minimum Gasteiger partial charge on any atom is -0.497 e. The smallest absolute Gasteiger partial charge is 0.357 e. The van der Waals surface area contributed by atoms with Gasteiger partial charge in [0.25, 0.3) is 0 Å². The Bertz CT molecular complexity index is 572. The third-order valence-electron chi connectivity index (χ3n) is 2.50. The van der Waals surface area contributed by atoms with E-state index in [-0.39, 0.29) is 0 Å². The van der Waals surface area contributed by atoms with Crippen LogP contribution in [-0.2, 0) is 4.74 Å². The molecule has 0 radical (unpaired) electrons. The summed E-state index contributed by atoms with van der Waals surface area (Å²) in [6.07, 6.45) is 0. The van der Waals surface area contributed by atoms with Crippen LogP contribution in [0.15, 0.2) is 23.6 Å². The summed E-state index contributed by atoms with van der Waals surface area (Å²) < 4.78 is 15.0. The summed E-state index contributed by atoms with van der Waals surface area (Å²) >= 11 is 1.36. The summed E-state index contributed by atoms with van der Waals surface area (Å²) in [5, 5.41) is 2.37. The zero-order chi connectivity index (χ0) is 13.8. The van der Waals surface area contributed by atoms with Gasteiger partial charge in [-0.15, -0.1) is 11.3 Å². The van der Waals surface area contributed by atoms with Crippen LogP contribution in [0.25, 0.3) is 10.6 Å². The second-order valence-corrected chi connectivity index (χ2v) is 4.49. The number of ether oxygens (including phenoxy) is 3. The Morgan fingerprint density at radius 1 is 1.11 bits per heavy atom. The van der Waals surface area contributed by atoms with Crippen LogP contribution >= 0.6 is 11.3 Å². The molecule has 5 nitrogen and oxygen atoms in total. The molecule has 19 heavy (non-hydrogen) atoms. The normalized spacial score (nSPS) is 10.1. The highest BCUT2D eigenvalue weighted by atomic mass is 32.1. The number of carbonyl (C=O) groups excluding carboxylic acids is 1. The van der Waals surface area contributed by atoms with Crippen LogP contribution < -0.4 is 9.47 Å². The first-order chi connectivity index (χ1) is 9.17. The van der Waals surface area contributed by atoms with Gasteiger partial charge in [0.1, 0.15) is 16.5 Å². The number of hydrogen-bond donors (Lipinski definition) is 0. The number of benzene rings is 1. The summed E-state index contributed by atoms with van der Waals surface area (Å²) in [4.78, 5) is 15.6. The van der Waals surface area contributed by atoms with Crippen molar-refractivity contribution in [3.05, 3.63) is 29.3 Å². The molecule has 2 rings (SSSR count). The summed E-state index contributed by atoms with van der Waals surface area (Å²) in [5.41, 5.74) is 1.13. The molecule has 0 saturated heterocycles. The largest absolute Gasteiger partial charge is 0.497 e. The van der Waals surface area contributed by atoms with Crippen molar-refractivity contribution in [1.82, 2.24) is 4.98 Å². The molecule has 0 saturated carbocycles. The molecule has 0 spiro atoms. The molecule has 0 aliphatic rings. The van der Waals surface area contributed by atoms with Gasteiger partial charge in [-0.25, -0.2) is 9.78 Å². The minimum atomic E-state index is -0.447. The van der Waals surface area contributed by atoms with E-state index in [0.717, 1.165) is 5.56 Å². The molecule has 100 valence electrons. The topological polar surface area (TPSA) is 57.7 Å². The van der Waals surface area contributed by atoms with Gasteiger partial charge in [0, 0.05) is 17.0 Å². The van der Waals surface area contributed by atoms with Gasteiger partial charge >= 0.3 is 5.97 Å². The van der Waals surface area contributed by atoms with Crippen molar-refractivity contribution >= 4 is 17.3 Å². The Hall–Kier alpha value is -2.08. The molecule has 1 aromatic heterocycles. The quantitative estimate of drug-likeness (QED) is 0.805. The maximum Gasteiger partial charge on any atom is 0.357 e. The Kier molecular flexibility index (Phi) is 4.01. The van der Waals surface area contributed by atoms with Gasteiger partial charge in [0.15, 0.2) is 5.69 Å². The third-order valence-corrected chi connectivity index (χ3v) is 3.39. The fourth-order valence-electron chi connectivity index (χ4n) is 1.54. The van der Waals surface area contributed by atoms with E-state index in [4.69, 9.17) is 9.47 Å². The van der Waals surface area contributed by atoms with E-state index in [0.29, 0.717) is 22.2 Å². The number of thiazole rings is 1. The molecule has 0 bridgehead atoms. The average molecular weight is 279 g/mol. The molecule has 2 aromatic rings. The first kappa shape index (κ1) is 13.4. The Morgan fingerprint density at radius 3 is 2.26 bits per heavy atom. The second-order valence-electron chi connectivity index (χ2n) is 3.63. The molecule has 0 amide bonds. The fraction of sp³-hybridized carbons (Fsp3) is 0.231. The first-order valence-electron chi connectivity index (χ1n) is 5.45. The van der Waals surface area contributed by atoms with E-state index >= 15 is 0 Å². The molecule has 6 heteroatoms. The number of carbonyl (C=O) groups is 1. The van der Waals surface area contributed by atoms with Crippen molar-refractivity contribution < 1.29 is 19.0 Å². The van der Waals surface area contributed by atoms with Crippen LogP contribution in [0.2, 0.25) is 0 Å². The Balaban J connectivity index is 2.40. The first-order valence-corrected chi connectivity index (χ1v) is 6.33. The number of esters is 1. The molecule has 0 fully saturated rings. The number of methoxy groups -OCH3 is 3. The van der Waals surface area contributed by atoms with Crippen LogP contribution in [0.5, 0.6) is 11.5 Å². The van der Waals surface area contributed by atoms with E-state index in [1.807, 2.05) is 12.1 Å². The molecule has 1 aromatic carbocycles. The predicted molar refractivity (Wildman–Crippen MR) is 72.0 cm³/mol. The van der Waals surface area contributed by atoms with Gasteiger partial charge in [-0.1, -0.05) is 0 Å². The lowest BCUT2D eigenvalue weighted by atomic mass is 10.2. The number of rotatable bonds is 4. The second kappa shape index (κ2) is 5.71. The summed E-state index contributed by atoms with van der Waals surface area (Å²) in [5.74, 6) is 0.894. The molecule has 0 N–H and O–H groups in total. The lowest BCUT2D eigenvalue weighted by Crippen LogP contribution is -2.00. The van der Waals surface area contributed by atoms with Crippen molar-refractivity contribution in [1.29, 1.82) is 0 Å². The van der Waals surface area contributed by atoms with E-state index < -0.39 is 5.97 Å². The van der Waals surface area contributed by atoms with E-state index in [1.54, 1.807) is 25.7 Å². The van der Waals surface area contributed by atoms with E-state index in [1.165, 1.54) is 18.4 Å². The highest BCUT2D eigenvalue weighted by Gasteiger charge is 2.13. The van der Waals surface area contributed by atoms with Crippen LogP contribution in [0.3, 0.4) is 0 Å². The van der Waals surface area contributed by atoms with Gasteiger partial charge < -0.3 is 14.2 Å². The zero-order valence-electron chi connectivity index (χ0n) is 10.8. The van der Waals surface area contributed by atoms with Crippen LogP contribution in [0.4, 0.5) is 0 Å². The standard InChI is InChI=1S/C13H13NO4S/c1-16-9-4-8(5-10(6-9)17-2)12-14-11(7-19-12)13(15)18-3/h4-7H,1-3H3. The Morgan fingerprint density at radius 2 is 1.74 bits per heavy atom. The molecule has 0 unspecified atom stereocenters. The number of nitrogens with zero attached hydrogens (tertiary/aromatic N) is 1. The van der Waals surface area contributed by atoms with E-state index in [9.17, 15) is 4.79 Å². The maximum atomic E-state index is 11.4. The molecule has 0 atom stereocenters. The highest BCUT2D eigenvalue weighted by Crippen LogP contribution is 2.31. The van der Waals surface area contributed by atoms with Gasteiger partial charge in [-0.3, -0.25) is 0 Å². The van der Waals surface area contributed by atoms with Crippen molar-refractivity contribution in [2.24, 2.45) is 0 Å². The fourth-order valence-corrected chi connectivity index (χ4v) is 2.31. The number of aromatic nitrogens is 1. The van der Waals surface area contributed by atoms with Crippen LogP contribution in [-0.4, -0.2) is 32.3 Å². The third kappa shape index (κ3) is 2.85. The zero-order valence-corrected chi connectivity index (χ0v) is 11.6. The van der Waals surface area contributed by atoms with Gasteiger partial charge in [-0.05, 0) is 12.1 Å². The van der Waals surface area contributed by atoms with Crippen LogP contribution in [0, 0.1) is 0 Å².